The lowest BCUT2D eigenvalue weighted by atomic mass is 10.0. The highest BCUT2D eigenvalue weighted by Crippen LogP contribution is 2.26. The molecule has 0 amide bonds. The summed E-state index contributed by atoms with van der Waals surface area (Å²) in [6, 6.07) is 5.57. The summed E-state index contributed by atoms with van der Waals surface area (Å²) in [6.45, 7) is 2.24. The molecule has 1 aliphatic carbocycles. The number of ether oxygens (including phenoxy) is 1. The number of carbonyl (C=O) groups excluding carboxylic acids is 1. The van der Waals surface area contributed by atoms with Gasteiger partial charge < -0.3 is 4.74 Å². The van der Waals surface area contributed by atoms with E-state index < -0.39 is 0 Å². The molecule has 98 valence electrons. The molecule has 2 nitrogen and oxygen atoms in total. The van der Waals surface area contributed by atoms with Crippen molar-refractivity contribution >= 4 is 17.4 Å². The number of ketones is 1. The van der Waals surface area contributed by atoms with Crippen molar-refractivity contribution in [2.45, 2.75) is 39.0 Å². The van der Waals surface area contributed by atoms with Gasteiger partial charge in [0.25, 0.3) is 0 Å². The quantitative estimate of drug-likeness (QED) is 0.804. The second-order valence-electron chi connectivity index (χ2n) is 4.84. The van der Waals surface area contributed by atoms with Crippen molar-refractivity contribution in [3.63, 3.8) is 0 Å². The highest BCUT2D eigenvalue weighted by Gasteiger charge is 2.22. The van der Waals surface area contributed by atoms with Gasteiger partial charge in [-0.1, -0.05) is 31.4 Å². The number of hydrogen-bond donors (Lipinski definition) is 0. The number of Topliss-reactive ketones (excluding diaryl/α,β-unsaturated/α-hetero) is 1. The van der Waals surface area contributed by atoms with Crippen LogP contribution in [0.25, 0.3) is 0 Å². The van der Waals surface area contributed by atoms with Crippen LogP contribution in [0.4, 0.5) is 0 Å². The first kappa shape index (κ1) is 13.4. The van der Waals surface area contributed by atoms with Crippen LogP contribution in [0.3, 0.4) is 0 Å². The summed E-state index contributed by atoms with van der Waals surface area (Å²) < 4.78 is 5.57. The van der Waals surface area contributed by atoms with Crippen molar-refractivity contribution in [3.8, 4) is 5.75 Å². The van der Waals surface area contributed by atoms with Crippen LogP contribution in [-0.2, 0) is 11.2 Å². The summed E-state index contributed by atoms with van der Waals surface area (Å²) in [7, 11) is 0. The monoisotopic (exact) mass is 266 g/mol. The summed E-state index contributed by atoms with van der Waals surface area (Å²) in [4.78, 5) is 11.9. The van der Waals surface area contributed by atoms with Crippen LogP contribution in [-0.4, -0.2) is 12.4 Å². The van der Waals surface area contributed by atoms with Crippen LogP contribution in [0.2, 0.25) is 5.02 Å². The van der Waals surface area contributed by atoms with Crippen molar-refractivity contribution in [2.75, 3.05) is 6.61 Å². The summed E-state index contributed by atoms with van der Waals surface area (Å²) in [6.07, 6.45) is 5.29. The Labute approximate surface area is 113 Å². The van der Waals surface area contributed by atoms with E-state index in [2.05, 4.69) is 6.92 Å². The summed E-state index contributed by atoms with van der Waals surface area (Å²) in [5, 5.41) is 0.756. The molecule has 0 radical (unpaired) electrons. The lowest BCUT2D eigenvalue weighted by Gasteiger charge is -2.11. The minimum atomic E-state index is 0.190. The first-order valence-corrected chi connectivity index (χ1v) is 7.02. The fourth-order valence-electron chi connectivity index (χ4n) is 2.43. The predicted molar refractivity (Wildman–Crippen MR) is 73.3 cm³/mol. The molecule has 0 unspecified atom stereocenters. The molecule has 1 aliphatic rings. The van der Waals surface area contributed by atoms with Gasteiger partial charge in [-0.3, -0.25) is 4.79 Å². The van der Waals surface area contributed by atoms with Crippen molar-refractivity contribution in [3.05, 3.63) is 28.8 Å². The second-order valence-corrected chi connectivity index (χ2v) is 5.25. The Morgan fingerprint density at radius 1 is 1.39 bits per heavy atom. The molecule has 0 spiro atoms. The number of hydrogen-bond acceptors (Lipinski definition) is 2. The van der Waals surface area contributed by atoms with Crippen molar-refractivity contribution < 1.29 is 9.53 Å². The van der Waals surface area contributed by atoms with Crippen molar-refractivity contribution in [1.29, 1.82) is 0 Å². The van der Waals surface area contributed by atoms with Gasteiger partial charge >= 0.3 is 0 Å². The van der Waals surface area contributed by atoms with Gasteiger partial charge in [-0.05, 0) is 43.0 Å². The highest BCUT2D eigenvalue weighted by molar-refractivity contribution is 6.31. The molecule has 18 heavy (non-hydrogen) atoms. The standard InChI is InChI=1S/C15H19ClO2/c1-2-11-9-13(7-8-14(11)16)18-10-15(17)12-5-3-4-6-12/h7-9,12H,2-6,10H2,1H3. The van der Waals surface area contributed by atoms with E-state index >= 15 is 0 Å². The Kier molecular flexibility index (Phi) is 4.65. The van der Waals surface area contributed by atoms with E-state index in [0.717, 1.165) is 35.6 Å². The molecule has 1 fully saturated rings. The average Bonchev–Trinajstić information content (AvgIpc) is 2.91. The molecule has 0 N–H and O–H groups in total. The molecule has 0 bridgehead atoms. The molecule has 1 aromatic carbocycles. The van der Waals surface area contributed by atoms with Crippen LogP contribution < -0.4 is 4.74 Å². The normalized spacial score (nSPS) is 15.9. The predicted octanol–water partition coefficient (Wildman–Crippen LogP) is 4.04. The number of carbonyl (C=O) groups is 1. The van der Waals surface area contributed by atoms with E-state index in [9.17, 15) is 4.79 Å². The number of rotatable bonds is 5. The molecule has 0 heterocycles. The molecule has 0 saturated heterocycles. The Balaban J connectivity index is 1.91. The van der Waals surface area contributed by atoms with Gasteiger partial charge in [-0.15, -0.1) is 0 Å². The van der Waals surface area contributed by atoms with Crippen LogP contribution in [0.1, 0.15) is 38.2 Å². The first-order chi connectivity index (χ1) is 8.70. The van der Waals surface area contributed by atoms with Crippen molar-refractivity contribution in [2.24, 2.45) is 5.92 Å². The summed E-state index contributed by atoms with van der Waals surface area (Å²) >= 11 is 6.04. The smallest absolute Gasteiger partial charge is 0.173 e. The van der Waals surface area contributed by atoms with Gasteiger partial charge in [0.2, 0.25) is 0 Å². The number of benzene rings is 1. The maximum atomic E-state index is 11.9. The molecular weight excluding hydrogens is 248 g/mol. The fourth-order valence-corrected chi connectivity index (χ4v) is 2.68. The van der Waals surface area contributed by atoms with Gasteiger partial charge in [-0.2, -0.15) is 0 Å². The average molecular weight is 267 g/mol. The first-order valence-electron chi connectivity index (χ1n) is 6.64. The van der Waals surface area contributed by atoms with Crippen molar-refractivity contribution in [1.82, 2.24) is 0 Å². The fraction of sp³-hybridized carbons (Fsp3) is 0.533. The van der Waals surface area contributed by atoms with E-state index in [1.807, 2.05) is 18.2 Å². The van der Waals surface area contributed by atoms with Gasteiger partial charge in [0.15, 0.2) is 5.78 Å². The number of halogens is 1. The molecule has 1 aromatic rings. The molecule has 1 saturated carbocycles. The van der Waals surface area contributed by atoms with Gasteiger partial charge in [0.05, 0.1) is 0 Å². The van der Waals surface area contributed by atoms with Gasteiger partial charge in [0.1, 0.15) is 12.4 Å². The van der Waals surface area contributed by atoms with Crippen LogP contribution in [0.15, 0.2) is 18.2 Å². The molecule has 0 atom stereocenters. The van der Waals surface area contributed by atoms with E-state index in [-0.39, 0.29) is 18.3 Å². The van der Waals surface area contributed by atoms with E-state index in [4.69, 9.17) is 16.3 Å². The largest absolute Gasteiger partial charge is 0.486 e. The maximum absolute atomic E-state index is 11.9. The Morgan fingerprint density at radius 3 is 2.78 bits per heavy atom. The minimum Gasteiger partial charge on any atom is -0.486 e. The highest BCUT2D eigenvalue weighted by atomic mass is 35.5. The third-order valence-electron chi connectivity index (χ3n) is 3.59. The molecule has 0 aliphatic heterocycles. The molecule has 3 heteroatoms. The summed E-state index contributed by atoms with van der Waals surface area (Å²) in [5.41, 5.74) is 1.06. The van der Waals surface area contributed by atoms with E-state index in [1.165, 1.54) is 12.8 Å². The second kappa shape index (κ2) is 6.24. The van der Waals surface area contributed by atoms with Crippen LogP contribution in [0, 0.1) is 5.92 Å². The van der Waals surface area contributed by atoms with Gasteiger partial charge in [0, 0.05) is 10.9 Å². The molecular formula is C15H19ClO2. The zero-order valence-electron chi connectivity index (χ0n) is 10.7. The topological polar surface area (TPSA) is 26.3 Å². The minimum absolute atomic E-state index is 0.190. The third-order valence-corrected chi connectivity index (χ3v) is 3.96. The van der Waals surface area contributed by atoms with E-state index in [1.54, 1.807) is 0 Å². The lowest BCUT2D eigenvalue weighted by molar-refractivity contribution is -0.124. The summed E-state index contributed by atoms with van der Waals surface area (Å²) in [5.74, 6) is 1.20. The Bertz CT molecular complexity index is 423. The van der Waals surface area contributed by atoms with Gasteiger partial charge in [-0.25, -0.2) is 0 Å². The number of aryl methyl sites for hydroxylation is 1. The lowest BCUT2D eigenvalue weighted by Crippen LogP contribution is -2.19. The zero-order chi connectivity index (χ0) is 13.0. The van der Waals surface area contributed by atoms with E-state index in [0.29, 0.717) is 0 Å². The molecule has 0 aromatic heterocycles. The Morgan fingerprint density at radius 2 is 2.11 bits per heavy atom. The molecule has 2 rings (SSSR count). The zero-order valence-corrected chi connectivity index (χ0v) is 11.5. The third kappa shape index (κ3) is 3.26. The van der Waals surface area contributed by atoms with Crippen LogP contribution >= 0.6 is 11.6 Å². The van der Waals surface area contributed by atoms with Crippen LogP contribution in [0.5, 0.6) is 5.75 Å². The SMILES string of the molecule is CCc1cc(OCC(=O)C2CCCC2)ccc1Cl. The Hall–Kier alpha value is -1.02. The maximum Gasteiger partial charge on any atom is 0.173 e.